The number of rotatable bonds is 7. The Morgan fingerprint density at radius 1 is 1.03 bits per heavy atom. The molecule has 162 valence electrons. The van der Waals surface area contributed by atoms with E-state index in [1.54, 1.807) is 12.1 Å². The van der Waals surface area contributed by atoms with E-state index in [0.29, 0.717) is 29.8 Å². The van der Waals surface area contributed by atoms with Gasteiger partial charge in [-0.15, -0.1) is 12.4 Å². The largest absolute Gasteiger partial charge is 0.293 e. The van der Waals surface area contributed by atoms with Crippen LogP contribution in [0, 0.1) is 5.82 Å². The molecule has 1 atom stereocenters. The Bertz CT molecular complexity index is 995. The molecule has 0 radical (unpaired) electrons. The van der Waals surface area contributed by atoms with E-state index in [2.05, 4.69) is 4.72 Å². The summed E-state index contributed by atoms with van der Waals surface area (Å²) in [6.07, 6.45) is 3.51. The lowest BCUT2D eigenvalue weighted by Crippen LogP contribution is -2.47. The van der Waals surface area contributed by atoms with Crippen LogP contribution in [0.3, 0.4) is 0 Å². The topological polar surface area (TPSA) is 83.6 Å². The van der Waals surface area contributed by atoms with Crippen LogP contribution >= 0.6 is 12.4 Å². The molecule has 3 rings (SSSR count). The van der Waals surface area contributed by atoms with Crippen LogP contribution in [0.2, 0.25) is 0 Å². The van der Waals surface area contributed by atoms with Crippen molar-refractivity contribution >= 4 is 39.7 Å². The zero-order valence-corrected chi connectivity index (χ0v) is 18.1. The molecule has 1 aliphatic heterocycles. The minimum Gasteiger partial charge on any atom is -0.293 e. The molecule has 2 aromatic rings. The van der Waals surface area contributed by atoms with Crippen molar-refractivity contribution in [1.29, 1.82) is 0 Å². The first kappa shape index (κ1) is 24.0. The summed E-state index contributed by atoms with van der Waals surface area (Å²) in [6.45, 7) is 0.730. The molecule has 0 amide bonds. The lowest BCUT2D eigenvalue weighted by Gasteiger charge is -2.34. The van der Waals surface area contributed by atoms with Crippen LogP contribution in [0.1, 0.15) is 40.0 Å². The van der Waals surface area contributed by atoms with Gasteiger partial charge in [-0.3, -0.25) is 19.2 Å². The first-order chi connectivity index (χ1) is 13.7. The number of likely N-dealkylation sites (tertiary alicyclic amines) is 1. The van der Waals surface area contributed by atoms with Crippen LogP contribution in [0.15, 0.2) is 48.5 Å². The fraction of sp³-hybridized carbons (Fsp3) is 0.333. The quantitative estimate of drug-likeness (QED) is 0.647. The smallest absolute Gasteiger partial charge is 0.229 e. The Morgan fingerprint density at radius 3 is 2.23 bits per heavy atom. The van der Waals surface area contributed by atoms with Crippen LogP contribution < -0.4 is 4.72 Å². The fourth-order valence-corrected chi connectivity index (χ4v) is 4.06. The molecular weight excluding hydrogens is 431 g/mol. The summed E-state index contributed by atoms with van der Waals surface area (Å²) in [5, 5.41) is 0. The van der Waals surface area contributed by atoms with E-state index in [0.717, 1.165) is 19.1 Å². The van der Waals surface area contributed by atoms with Crippen molar-refractivity contribution in [2.24, 2.45) is 0 Å². The van der Waals surface area contributed by atoms with Crippen molar-refractivity contribution in [3.8, 4) is 0 Å². The van der Waals surface area contributed by atoms with Crippen LogP contribution in [-0.2, 0) is 10.0 Å². The SMILES string of the molecule is CS(=O)(=O)Nc1ccc(C(=O)CN2CCCCC2C(=O)c2ccc(F)cc2)cc1.Cl. The maximum absolute atomic E-state index is 13.1. The van der Waals surface area contributed by atoms with Gasteiger partial charge in [-0.25, -0.2) is 12.8 Å². The summed E-state index contributed by atoms with van der Waals surface area (Å²) < 4.78 is 38.1. The third-order valence-electron chi connectivity index (χ3n) is 4.90. The Balaban J connectivity index is 0.00000320. The van der Waals surface area contributed by atoms with Crippen LogP contribution in [0.4, 0.5) is 10.1 Å². The van der Waals surface area contributed by atoms with Gasteiger partial charge in [-0.1, -0.05) is 6.42 Å². The van der Waals surface area contributed by atoms with E-state index < -0.39 is 21.9 Å². The number of hydrogen-bond acceptors (Lipinski definition) is 5. The van der Waals surface area contributed by atoms with Gasteiger partial charge in [0.1, 0.15) is 5.82 Å². The van der Waals surface area contributed by atoms with Crippen molar-refractivity contribution in [2.75, 3.05) is 24.1 Å². The number of benzene rings is 2. The summed E-state index contributed by atoms with van der Waals surface area (Å²) in [5.74, 6) is -0.647. The van der Waals surface area contributed by atoms with E-state index in [9.17, 15) is 22.4 Å². The Kier molecular flexibility index (Phi) is 8.11. The summed E-state index contributed by atoms with van der Waals surface area (Å²) in [5.41, 5.74) is 1.26. The molecule has 0 bridgehead atoms. The number of nitrogens with one attached hydrogen (secondary N) is 1. The average Bonchev–Trinajstić information content (AvgIpc) is 2.68. The number of sulfonamides is 1. The van der Waals surface area contributed by atoms with Crippen molar-refractivity contribution in [2.45, 2.75) is 25.3 Å². The number of piperidine rings is 1. The van der Waals surface area contributed by atoms with Crippen molar-refractivity contribution in [3.63, 3.8) is 0 Å². The van der Waals surface area contributed by atoms with Crippen LogP contribution in [0.5, 0.6) is 0 Å². The summed E-state index contributed by atoms with van der Waals surface area (Å²) >= 11 is 0. The number of Topliss-reactive ketones (excluding diaryl/α,β-unsaturated/α-hetero) is 2. The Morgan fingerprint density at radius 2 is 1.63 bits per heavy atom. The molecule has 2 aromatic carbocycles. The van der Waals surface area contributed by atoms with Gasteiger partial charge in [0, 0.05) is 16.8 Å². The van der Waals surface area contributed by atoms with Crippen LogP contribution in [-0.4, -0.2) is 50.3 Å². The predicted octanol–water partition coefficient (Wildman–Crippen LogP) is 3.54. The molecular formula is C21H24ClFN2O4S. The highest BCUT2D eigenvalue weighted by atomic mass is 35.5. The second-order valence-electron chi connectivity index (χ2n) is 7.23. The van der Waals surface area contributed by atoms with Crippen molar-refractivity contribution < 1.29 is 22.4 Å². The molecule has 6 nitrogen and oxygen atoms in total. The number of carbonyl (C=O) groups excluding carboxylic acids is 2. The Labute approximate surface area is 181 Å². The highest BCUT2D eigenvalue weighted by Gasteiger charge is 2.30. The number of ketones is 2. The molecule has 1 fully saturated rings. The van der Waals surface area contributed by atoms with Gasteiger partial charge < -0.3 is 0 Å². The monoisotopic (exact) mass is 454 g/mol. The third-order valence-corrected chi connectivity index (χ3v) is 5.51. The second kappa shape index (κ2) is 10.1. The number of carbonyl (C=O) groups is 2. The summed E-state index contributed by atoms with van der Waals surface area (Å²) in [4.78, 5) is 27.5. The molecule has 0 aromatic heterocycles. The number of hydrogen-bond donors (Lipinski definition) is 1. The van der Waals surface area contributed by atoms with Gasteiger partial charge in [0.15, 0.2) is 11.6 Å². The normalized spacial score (nSPS) is 17.1. The minimum absolute atomic E-state index is 0. The predicted molar refractivity (Wildman–Crippen MR) is 116 cm³/mol. The highest BCUT2D eigenvalue weighted by molar-refractivity contribution is 7.92. The third kappa shape index (κ3) is 6.35. The first-order valence-corrected chi connectivity index (χ1v) is 11.3. The molecule has 1 heterocycles. The fourth-order valence-electron chi connectivity index (χ4n) is 3.50. The van der Waals surface area contributed by atoms with Gasteiger partial charge in [0.25, 0.3) is 0 Å². The van der Waals surface area contributed by atoms with Crippen molar-refractivity contribution in [3.05, 3.63) is 65.5 Å². The van der Waals surface area contributed by atoms with Gasteiger partial charge in [0.05, 0.1) is 18.8 Å². The van der Waals surface area contributed by atoms with Crippen molar-refractivity contribution in [1.82, 2.24) is 4.90 Å². The molecule has 1 aliphatic rings. The van der Waals surface area contributed by atoms with E-state index in [4.69, 9.17) is 0 Å². The first-order valence-electron chi connectivity index (χ1n) is 9.38. The Hall–Kier alpha value is -2.29. The van der Waals surface area contributed by atoms with Gasteiger partial charge >= 0.3 is 0 Å². The molecule has 0 aliphatic carbocycles. The summed E-state index contributed by atoms with van der Waals surface area (Å²) in [6, 6.07) is 11.3. The average molecular weight is 455 g/mol. The minimum atomic E-state index is -3.38. The molecule has 0 saturated carbocycles. The lowest BCUT2D eigenvalue weighted by molar-refractivity contribution is 0.0699. The van der Waals surface area contributed by atoms with E-state index >= 15 is 0 Å². The molecule has 9 heteroatoms. The lowest BCUT2D eigenvalue weighted by atomic mass is 9.93. The van der Waals surface area contributed by atoms with Crippen LogP contribution in [0.25, 0.3) is 0 Å². The molecule has 0 spiro atoms. The number of halogens is 2. The zero-order chi connectivity index (χ0) is 21.0. The highest BCUT2D eigenvalue weighted by Crippen LogP contribution is 2.22. The second-order valence-corrected chi connectivity index (χ2v) is 8.98. The molecule has 1 unspecified atom stereocenters. The van der Waals surface area contributed by atoms with E-state index in [-0.39, 0.29) is 30.5 Å². The van der Waals surface area contributed by atoms with Gasteiger partial charge in [-0.2, -0.15) is 0 Å². The van der Waals surface area contributed by atoms with E-state index in [1.807, 2.05) is 4.90 Å². The molecule has 1 N–H and O–H groups in total. The summed E-state index contributed by atoms with van der Waals surface area (Å²) in [7, 11) is -3.38. The maximum Gasteiger partial charge on any atom is 0.229 e. The van der Waals surface area contributed by atoms with Gasteiger partial charge in [-0.05, 0) is 67.9 Å². The molecule has 30 heavy (non-hydrogen) atoms. The number of anilines is 1. The zero-order valence-electron chi connectivity index (χ0n) is 16.5. The standard InChI is InChI=1S/C21H23FN2O4S.ClH/c1-29(27,28)23-18-11-7-15(8-12-18)20(25)14-24-13-3-2-4-19(24)21(26)16-5-9-17(22)10-6-16;/h5-12,19,23H,2-4,13-14H2,1H3;1H. The maximum atomic E-state index is 13.1. The van der Waals surface area contributed by atoms with E-state index in [1.165, 1.54) is 36.4 Å². The molecule has 1 saturated heterocycles. The number of nitrogens with zero attached hydrogens (tertiary/aromatic N) is 1. The van der Waals surface area contributed by atoms with Gasteiger partial charge in [0.2, 0.25) is 10.0 Å².